The van der Waals surface area contributed by atoms with Crippen molar-refractivity contribution < 1.29 is 14.9 Å². The van der Waals surface area contributed by atoms with Gasteiger partial charge in [-0.1, -0.05) is 20.8 Å². The molecule has 1 aromatic carbocycles. The van der Waals surface area contributed by atoms with Crippen LogP contribution in [0.15, 0.2) is 24.3 Å². The Labute approximate surface area is 90.3 Å². The zero-order chi connectivity index (χ0) is 11.5. The number of phenols is 1. The maximum Gasteiger partial charge on any atom is 0.202 e. The lowest BCUT2D eigenvalue weighted by Crippen LogP contribution is -2.33. The van der Waals surface area contributed by atoms with E-state index in [1.54, 1.807) is 12.1 Å². The Morgan fingerprint density at radius 3 is 2.27 bits per heavy atom. The quantitative estimate of drug-likeness (QED) is 0.751. The summed E-state index contributed by atoms with van der Waals surface area (Å²) in [5.41, 5.74) is -0.280. The minimum atomic E-state index is -0.841. The number of benzene rings is 1. The molecular weight excluding hydrogens is 192 g/mol. The molecule has 3 nitrogen and oxygen atoms in total. The Hall–Kier alpha value is -1.22. The number of aromatic hydroxyl groups is 1. The van der Waals surface area contributed by atoms with E-state index >= 15 is 0 Å². The number of hydrogen-bond acceptors (Lipinski definition) is 3. The molecule has 1 unspecified atom stereocenters. The van der Waals surface area contributed by atoms with E-state index in [0.717, 1.165) is 6.42 Å². The molecule has 0 spiro atoms. The monoisotopic (exact) mass is 210 g/mol. The zero-order valence-electron chi connectivity index (χ0n) is 9.40. The van der Waals surface area contributed by atoms with E-state index < -0.39 is 6.29 Å². The Morgan fingerprint density at radius 2 is 1.80 bits per heavy atom. The van der Waals surface area contributed by atoms with Crippen LogP contribution in [-0.4, -0.2) is 16.5 Å². The van der Waals surface area contributed by atoms with Crippen molar-refractivity contribution in [2.45, 2.75) is 33.5 Å². The molecule has 1 atom stereocenters. The third kappa shape index (κ3) is 3.13. The Kier molecular flexibility index (Phi) is 3.58. The predicted molar refractivity (Wildman–Crippen MR) is 58.8 cm³/mol. The third-order valence-electron chi connectivity index (χ3n) is 2.66. The van der Waals surface area contributed by atoms with Gasteiger partial charge in [0.2, 0.25) is 6.29 Å². The molecule has 84 valence electrons. The largest absolute Gasteiger partial charge is 0.508 e. The summed E-state index contributed by atoms with van der Waals surface area (Å²) in [5, 5.41) is 18.9. The maximum absolute atomic E-state index is 9.81. The molecule has 0 radical (unpaired) electrons. The fraction of sp³-hybridized carbons (Fsp3) is 0.500. The van der Waals surface area contributed by atoms with E-state index in [1.807, 2.05) is 20.8 Å². The van der Waals surface area contributed by atoms with Gasteiger partial charge >= 0.3 is 0 Å². The van der Waals surface area contributed by atoms with Gasteiger partial charge in [0.25, 0.3) is 0 Å². The molecule has 3 heteroatoms. The second kappa shape index (κ2) is 4.53. The van der Waals surface area contributed by atoms with Crippen molar-refractivity contribution in [2.75, 3.05) is 0 Å². The molecule has 2 N–H and O–H groups in total. The minimum Gasteiger partial charge on any atom is -0.508 e. The summed E-state index contributed by atoms with van der Waals surface area (Å²) in [6.45, 7) is 5.89. The van der Waals surface area contributed by atoms with Gasteiger partial charge in [0.05, 0.1) is 0 Å². The highest BCUT2D eigenvalue weighted by atomic mass is 16.6. The van der Waals surface area contributed by atoms with Crippen LogP contribution in [0, 0.1) is 5.41 Å². The molecule has 1 aromatic rings. The van der Waals surface area contributed by atoms with Crippen LogP contribution < -0.4 is 4.74 Å². The minimum absolute atomic E-state index is 0.187. The van der Waals surface area contributed by atoms with E-state index in [4.69, 9.17) is 9.84 Å². The smallest absolute Gasteiger partial charge is 0.202 e. The van der Waals surface area contributed by atoms with Crippen LogP contribution in [0.1, 0.15) is 27.2 Å². The molecule has 15 heavy (non-hydrogen) atoms. The van der Waals surface area contributed by atoms with Crippen molar-refractivity contribution in [1.29, 1.82) is 0 Å². The van der Waals surface area contributed by atoms with Gasteiger partial charge in [0.15, 0.2) is 0 Å². The van der Waals surface area contributed by atoms with E-state index in [9.17, 15) is 5.11 Å². The maximum atomic E-state index is 9.81. The van der Waals surface area contributed by atoms with Gasteiger partial charge in [-0.2, -0.15) is 0 Å². The molecule has 0 fully saturated rings. The highest BCUT2D eigenvalue weighted by Gasteiger charge is 2.27. The summed E-state index contributed by atoms with van der Waals surface area (Å²) in [7, 11) is 0. The van der Waals surface area contributed by atoms with Crippen LogP contribution in [0.2, 0.25) is 0 Å². The first kappa shape index (κ1) is 11.9. The summed E-state index contributed by atoms with van der Waals surface area (Å²) < 4.78 is 5.37. The SMILES string of the molecule is CCC(C)(C)C(O)Oc1ccc(O)cc1. The van der Waals surface area contributed by atoms with Crippen LogP contribution in [0.25, 0.3) is 0 Å². The standard InChI is InChI=1S/C12H18O3/c1-4-12(2,3)11(14)15-10-7-5-9(13)6-8-10/h5-8,11,13-14H,4H2,1-3H3. The van der Waals surface area contributed by atoms with E-state index in [0.29, 0.717) is 5.75 Å². The van der Waals surface area contributed by atoms with Crippen LogP contribution in [0.5, 0.6) is 11.5 Å². The van der Waals surface area contributed by atoms with Crippen molar-refractivity contribution in [1.82, 2.24) is 0 Å². The molecule has 0 amide bonds. The second-order valence-corrected chi connectivity index (χ2v) is 4.31. The van der Waals surface area contributed by atoms with Gasteiger partial charge < -0.3 is 14.9 Å². The summed E-state index contributed by atoms with van der Waals surface area (Å²) in [6.07, 6.45) is -0.0151. The molecule has 0 aromatic heterocycles. The highest BCUT2D eigenvalue weighted by Crippen LogP contribution is 2.27. The molecular formula is C12H18O3. The van der Waals surface area contributed by atoms with Gasteiger partial charge in [-0.15, -0.1) is 0 Å². The zero-order valence-corrected chi connectivity index (χ0v) is 9.40. The second-order valence-electron chi connectivity index (χ2n) is 4.31. The van der Waals surface area contributed by atoms with Crippen molar-refractivity contribution in [2.24, 2.45) is 5.41 Å². The molecule has 0 saturated carbocycles. The molecule has 0 saturated heterocycles. The lowest BCUT2D eigenvalue weighted by Gasteiger charge is -2.29. The summed E-state index contributed by atoms with van der Waals surface area (Å²) in [5.74, 6) is 0.744. The third-order valence-corrected chi connectivity index (χ3v) is 2.66. The fourth-order valence-electron chi connectivity index (χ4n) is 0.988. The summed E-state index contributed by atoms with van der Waals surface area (Å²) in [6, 6.07) is 6.32. The first-order chi connectivity index (χ1) is 6.95. The molecule has 0 aliphatic heterocycles. The fourth-order valence-corrected chi connectivity index (χ4v) is 0.988. The summed E-state index contributed by atoms with van der Waals surface area (Å²) in [4.78, 5) is 0. The van der Waals surface area contributed by atoms with Crippen molar-refractivity contribution in [3.8, 4) is 11.5 Å². The van der Waals surface area contributed by atoms with Crippen LogP contribution >= 0.6 is 0 Å². The molecule has 0 bridgehead atoms. The van der Waals surface area contributed by atoms with Crippen molar-refractivity contribution in [3.63, 3.8) is 0 Å². The number of phenolic OH excluding ortho intramolecular Hbond substituents is 1. The van der Waals surface area contributed by atoms with Crippen LogP contribution in [0.4, 0.5) is 0 Å². The van der Waals surface area contributed by atoms with Gasteiger partial charge in [-0.25, -0.2) is 0 Å². The summed E-state index contributed by atoms with van der Waals surface area (Å²) >= 11 is 0. The average Bonchev–Trinajstić information content (AvgIpc) is 2.21. The van der Waals surface area contributed by atoms with Crippen LogP contribution in [0.3, 0.4) is 0 Å². The van der Waals surface area contributed by atoms with E-state index in [1.165, 1.54) is 12.1 Å². The number of aliphatic hydroxyl groups is 1. The number of hydrogen-bond donors (Lipinski definition) is 2. The number of ether oxygens (including phenoxy) is 1. The highest BCUT2D eigenvalue weighted by molar-refractivity contribution is 5.30. The van der Waals surface area contributed by atoms with Gasteiger partial charge in [0, 0.05) is 5.41 Å². The first-order valence-corrected chi connectivity index (χ1v) is 5.09. The molecule has 1 rings (SSSR count). The van der Waals surface area contributed by atoms with Gasteiger partial charge in [0.1, 0.15) is 11.5 Å². The Bertz CT molecular complexity index is 303. The van der Waals surface area contributed by atoms with Crippen molar-refractivity contribution in [3.05, 3.63) is 24.3 Å². The average molecular weight is 210 g/mol. The lowest BCUT2D eigenvalue weighted by atomic mass is 9.89. The Morgan fingerprint density at radius 1 is 1.27 bits per heavy atom. The molecule has 0 aliphatic rings. The normalized spacial score (nSPS) is 13.6. The lowest BCUT2D eigenvalue weighted by molar-refractivity contribution is -0.102. The van der Waals surface area contributed by atoms with Crippen LogP contribution in [-0.2, 0) is 0 Å². The van der Waals surface area contributed by atoms with Gasteiger partial charge in [-0.05, 0) is 30.7 Å². The Balaban J connectivity index is 2.66. The van der Waals surface area contributed by atoms with Crippen molar-refractivity contribution >= 4 is 0 Å². The molecule has 0 heterocycles. The number of aliphatic hydroxyl groups excluding tert-OH is 1. The van der Waals surface area contributed by atoms with Gasteiger partial charge in [-0.3, -0.25) is 0 Å². The first-order valence-electron chi connectivity index (χ1n) is 5.09. The molecule has 0 aliphatic carbocycles. The topological polar surface area (TPSA) is 49.7 Å². The van der Waals surface area contributed by atoms with E-state index in [-0.39, 0.29) is 11.2 Å². The number of rotatable bonds is 4. The predicted octanol–water partition coefficient (Wildman–Crippen LogP) is 2.53. The van der Waals surface area contributed by atoms with E-state index in [2.05, 4.69) is 0 Å².